The molecular weight excluding hydrogens is 423 g/mol. The molecule has 150 valence electrons. The van der Waals surface area contributed by atoms with Crippen molar-refractivity contribution in [1.29, 1.82) is 0 Å². The number of nitrogens with one attached hydrogen (secondary N) is 1. The van der Waals surface area contributed by atoms with Crippen LogP contribution >= 0.6 is 23.2 Å². The van der Waals surface area contributed by atoms with E-state index >= 15 is 0 Å². The number of halogens is 2. The molecule has 1 heterocycles. The number of hydrogen-bond donors (Lipinski definition) is 1. The molecule has 5 nitrogen and oxygen atoms in total. The molecule has 0 atom stereocenters. The van der Waals surface area contributed by atoms with Gasteiger partial charge in [0, 0.05) is 15.7 Å². The maximum atomic E-state index is 13.3. The predicted molar refractivity (Wildman–Crippen MR) is 119 cm³/mol. The molecule has 0 saturated carbocycles. The number of anilines is 2. The summed E-state index contributed by atoms with van der Waals surface area (Å²) in [6, 6.07) is 20.4. The van der Waals surface area contributed by atoms with Gasteiger partial charge >= 0.3 is 0 Å². The summed E-state index contributed by atoms with van der Waals surface area (Å²) in [5.74, 6) is -0.201. The average molecular weight is 439 g/mol. The molecule has 30 heavy (non-hydrogen) atoms. The largest absolute Gasteiger partial charge is 0.497 e. The van der Waals surface area contributed by atoms with Crippen molar-refractivity contribution in [2.75, 3.05) is 17.3 Å². The SMILES string of the molecule is COc1ccc(NC2=C(c3ccc(Cl)cc3)C(=O)N(c3ccc(Cl)cc3)C2=O)cc1. The van der Waals surface area contributed by atoms with Crippen molar-refractivity contribution in [3.63, 3.8) is 0 Å². The molecule has 0 bridgehead atoms. The number of imide groups is 1. The Morgan fingerprint density at radius 2 is 1.33 bits per heavy atom. The van der Waals surface area contributed by atoms with Crippen molar-refractivity contribution in [2.45, 2.75) is 0 Å². The Balaban J connectivity index is 1.78. The number of hydrogen-bond acceptors (Lipinski definition) is 4. The molecule has 3 aromatic carbocycles. The molecule has 0 saturated heterocycles. The van der Waals surface area contributed by atoms with Crippen molar-refractivity contribution >= 4 is 52.0 Å². The third kappa shape index (κ3) is 3.77. The van der Waals surface area contributed by atoms with Gasteiger partial charge in [-0.3, -0.25) is 9.59 Å². The highest BCUT2D eigenvalue weighted by atomic mass is 35.5. The second kappa shape index (κ2) is 8.22. The van der Waals surface area contributed by atoms with E-state index in [0.29, 0.717) is 32.7 Å². The lowest BCUT2D eigenvalue weighted by Crippen LogP contribution is -2.32. The van der Waals surface area contributed by atoms with E-state index in [0.717, 1.165) is 4.90 Å². The topological polar surface area (TPSA) is 58.6 Å². The Hall–Kier alpha value is -3.28. The summed E-state index contributed by atoms with van der Waals surface area (Å²) in [5.41, 5.74) is 2.12. The lowest BCUT2D eigenvalue weighted by atomic mass is 10.0. The number of carbonyl (C=O) groups is 2. The van der Waals surface area contributed by atoms with Crippen LogP contribution in [0.4, 0.5) is 11.4 Å². The second-order valence-electron chi connectivity index (χ2n) is 6.53. The van der Waals surface area contributed by atoms with Crippen LogP contribution in [-0.2, 0) is 9.59 Å². The summed E-state index contributed by atoms with van der Waals surface area (Å²) in [4.78, 5) is 27.7. The molecular formula is C23H16Cl2N2O3. The molecule has 0 aliphatic carbocycles. The minimum absolute atomic E-state index is 0.183. The van der Waals surface area contributed by atoms with Gasteiger partial charge in [-0.05, 0) is 66.2 Å². The second-order valence-corrected chi connectivity index (χ2v) is 7.41. The van der Waals surface area contributed by atoms with Crippen LogP contribution in [0, 0.1) is 0 Å². The summed E-state index contributed by atoms with van der Waals surface area (Å²) < 4.78 is 5.17. The fourth-order valence-electron chi connectivity index (χ4n) is 3.17. The number of carbonyl (C=O) groups excluding carboxylic acids is 2. The van der Waals surface area contributed by atoms with Crippen LogP contribution in [0.2, 0.25) is 10.0 Å². The quantitative estimate of drug-likeness (QED) is 0.541. The molecule has 3 aromatic rings. The first-order valence-electron chi connectivity index (χ1n) is 9.03. The number of amides is 2. The monoisotopic (exact) mass is 438 g/mol. The molecule has 2 amide bonds. The van der Waals surface area contributed by atoms with Gasteiger partial charge in [-0.1, -0.05) is 35.3 Å². The third-order valence-corrected chi connectivity index (χ3v) is 5.16. The summed E-state index contributed by atoms with van der Waals surface area (Å²) in [6.07, 6.45) is 0. The molecule has 7 heteroatoms. The standard InChI is InChI=1S/C23H16Cl2N2O3/c1-30-19-12-8-17(9-13-19)26-21-20(14-2-4-15(24)5-3-14)22(28)27(23(21)29)18-10-6-16(25)7-11-18/h2-13,26H,1H3. The normalized spacial score (nSPS) is 13.8. The van der Waals surface area contributed by atoms with E-state index in [1.807, 2.05) is 0 Å². The predicted octanol–water partition coefficient (Wildman–Crippen LogP) is 5.40. The van der Waals surface area contributed by atoms with E-state index in [4.69, 9.17) is 27.9 Å². The first kappa shape index (κ1) is 20.0. The first-order chi connectivity index (χ1) is 14.5. The van der Waals surface area contributed by atoms with Crippen molar-refractivity contribution in [3.8, 4) is 5.75 Å². The molecule has 0 radical (unpaired) electrons. The lowest BCUT2D eigenvalue weighted by molar-refractivity contribution is -0.120. The van der Waals surface area contributed by atoms with E-state index in [9.17, 15) is 9.59 Å². The number of rotatable bonds is 5. The lowest BCUT2D eigenvalue weighted by Gasteiger charge is -2.15. The molecule has 1 aliphatic rings. The van der Waals surface area contributed by atoms with Gasteiger partial charge in [-0.15, -0.1) is 0 Å². The summed E-state index contributed by atoms with van der Waals surface area (Å²) in [5, 5.41) is 4.15. The molecule has 1 N–H and O–H groups in total. The Labute approximate surface area is 183 Å². The van der Waals surface area contributed by atoms with Gasteiger partial charge in [0.15, 0.2) is 0 Å². The van der Waals surface area contributed by atoms with Gasteiger partial charge < -0.3 is 10.1 Å². The van der Waals surface area contributed by atoms with Gasteiger partial charge in [0.2, 0.25) is 0 Å². The fourth-order valence-corrected chi connectivity index (χ4v) is 3.43. The summed E-state index contributed by atoms with van der Waals surface area (Å²) in [7, 11) is 1.58. The minimum Gasteiger partial charge on any atom is -0.497 e. The van der Waals surface area contributed by atoms with Crippen molar-refractivity contribution in [2.24, 2.45) is 0 Å². The Morgan fingerprint density at radius 1 is 0.767 bits per heavy atom. The molecule has 0 aromatic heterocycles. The summed E-state index contributed by atoms with van der Waals surface area (Å²) >= 11 is 12.0. The van der Waals surface area contributed by atoms with Crippen molar-refractivity contribution < 1.29 is 14.3 Å². The van der Waals surface area contributed by atoms with E-state index < -0.39 is 11.8 Å². The van der Waals surface area contributed by atoms with Crippen LogP contribution in [0.25, 0.3) is 5.57 Å². The number of benzene rings is 3. The Morgan fingerprint density at radius 3 is 1.90 bits per heavy atom. The van der Waals surface area contributed by atoms with Gasteiger partial charge in [0.05, 0.1) is 18.4 Å². The number of ether oxygens (including phenoxy) is 1. The van der Waals surface area contributed by atoms with Gasteiger partial charge in [0.25, 0.3) is 11.8 Å². The van der Waals surface area contributed by atoms with Crippen LogP contribution in [0.3, 0.4) is 0 Å². The number of methoxy groups -OCH3 is 1. The highest BCUT2D eigenvalue weighted by Crippen LogP contribution is 2.34. The highest BCUT2D eigenvalue weighted by Gasteiger charge is 2.40. The molecule has 1 aliphatic heterocycles. The highest BCUT2D eigenvalue weighted by molar-refractivity contribution is 6.46. The van der Waals surface area contributed by atoms with Crippen molar-refractivity contribution in [1.82, 2.24) is 0 Å². The smallest absolute Gasteiger partial charge is 0.282 e. The van der Waals surface area contributed by atoms with Crippen molar-refractivity contribution in [3.05, 3.63) is 94.1 Å². The van der Waals surface area contributed by atoms with E-state index in [1.54, 1.807) is 79.9 Å². The van der Waals surface area contributed by atoms with Gasteiger partial charge in [-0.25, -0.2) is 4.90 Å². The van der Waals surface area contributed by atoms with Gasteiger partial charge in [0.1, 0.15) is 11.4 Å². The van der Waals surface area contributed by atoms with Crippen LogP contribution in [0.1, 0.15) is 5.56 Å². The zero-order chi connectivity index (χ0) is 21.3. The Bertz CT molecular complexity index is 1140. The van der Waals surface area contributed by atoms with E-state index in [1.165, 1.54) is 0 Å². The maximum Gasteiger partial charge on any atom is 0.282 e. The third-order valence-electron chi connectivity index (χ3n) is 4.66. The van der Waals surface area contributed by atoms with Gasteiger partial charge in [-0.2, -0.15) is 0 Å². The first-order valence-corrected chi connectivity index (χ1v) is 9.79. The van der Waals surface area contributed by atoms with E-state index in [2.05, 4.69) is 5.32 Å². The van der Waals surface area contributed by atoms with Crippen LogP contribution in [-0.4, -0.2) is 18.9 Å². The molecule has 4 rings (SSSR count). The van der Waals surface area contributed by atoms with Crippen LogP contribution in [0.15, 0.2) is 78.5 Å². The minimum atomic E-state index is -0.455. The summed E-state index contributed by atoms with van der Waals surface area (Å²) in [6.45, 7) is 0. The Kier molecular flexibility index (Phi) is 5.48. The van der Waals surface area contributed by atoms with Crippen LogP contribution in [0.5, 0.6) is 5.75 Å². The maximum absolute atomic E-state index is 13.3. The molecule has 0 spiro atoms. The zero-order valence-corrected chi connectivity index (χ0v) is 17.4. The number of nitrogens with zero attached hydrogens (tertiary/aromatic N) is 1. The average Bonchev–Trinajstić information content (AvgIpc) is 3.00. The molecule has 0 fully saturated rings. The fraction of sp³-hybridized carbons (Fsp3) is 0.0435. The zero-order valence-electron chi connectivity index (χ0n) is 15.9. The van der Waals surface area contributed by atoms with Crippen LogP contribution < -0.4 is 15.0 Å². The molecule has 0 unspecified atom stereocenters. The van der Waals surface area contributed by atoms with E-state index in [-0.39, 0.29) is 11.3 Å².